The largest absolute Gasteiger partial charge is 0.462 e. The first kappa shape index (κ1) is 19.6. The van der Waals surface area contributed by atoms with Crippen molar-refractivity contribution in [2.75, 3.05) is 18.5 Å². The Kier molecular flexibility index (Phi) is 5.74. The first-order valence-corrected chi connectivity index (χ1v) is 9.89. The van der Waals surface area contributed by atoms with Gasteiger partial charge in [-0.15, -0.1) is 0 Å². The molecule has 1 aliphatic heterocycles. The maximum absolute atomic E-state index is 12.8. The Bertz CT molecular complexity index is 1020. The van der Waals surface area contributed by atoms with Gasteiger partial charge in [-0.05, 0) is 44.0 Å². The number of carbonyl (C=O) groups excluding carboxylic acids is 2. The number of aromatic nitrogens is 2. The molecule has 0 spiro atoms. The lowest BCUT2D eigenvalue weighted by Gasteiger charge is -2.22. The van der Waals surface area contributed by atoms with Crippen LogP contribution in [0.3, 0.4) is 0 Å². The standard InChI is InChI=1S/C22H22N4O4/c1-2-29-21(27)16-10-12-17(13-11-16)23-22(28)26-14-6-9-18(26)20-24-19(25-30-20)15-7-4-3-5-8-15/h3-5,7-8,10-13,18H,2,6,9,14H2,1H3,(H,23,28)/t18-/m1/s1. The number of hydrogen-bond donors (Lipinski definition) is 1. The van der Waals surface area contributed by atoms with E-state index >= 15 is 0 Å². The summed E-state index contributed by atoms with van der Waals surface area (Å²) in [6, 6.07) is 15.6. The lowest BCUT2D eigenvalue weighted by Crippen LogP contribution is -2.34. The van der Waals surface area contributed by atoms with E-state index in [1.165, 1.54) is 0 Å². The number of ether oxygens (including phenoxy) is 1. The molecule has 154 valence electrons. The Morgan fingerprint density at radius 1 is 1.17 bits per heavy atom. The first-order valence-electron chi connectivity index (χ1n) is 9.89. The van der Waals surface area contributed by atoms with Crippen LogP contribution >= 0.6 is 0 Å². The van der Waals surface area contributed by atoms with Crippen LogP contribution in [0.1, 0.15) is 42.1 Å². The van der Waals surface area contributed by atoms with Gasteiger partial charge in [0.1, 0.15) is 6.04 Å². The Morgan fingerprint density at radius 3 is 2.67 bits per heavy atom. The van der Waals surface area contributed by atoms with Crippen LogP contribution in [-0.2, 0) is 4.74 Å². The summed E-state index contributed by atoms with van der Waals surface area (Å²) in [5.74, 6) is 0.548. The number of amides is 2. The van der Waals surface area contributed by atoms with E-state index in [9.17, 15) is 9.59 Å². The fraction of sp³-hybridized carbons (Fsp3) is 0.273. The van der Waals surface area contributed by atoms with E-state index in [0.29, 0.717) is 36.1 Å². The third-order valence-corrected chi connectivity index (χ3v) is 4.92. The number of benzene rings is 2. The molecular weight excluding hydrogens is 384 g/mol. The molecule has 0 bridgehead atoms. The van der Waals surface area contributed by atoms with Gasteiger partial charge in [-0.1, -0.05) is 35.5 Å². The Hall–Kier alpha value is -3.68. The first-order chi connectivity index (χ1) is 14.7. The van der Waals surface area contributed by atoms with Gasteiger partial charge in [-0.2, -0.15) is 4.98 Å². The molecule has 0 saturated carbocycles. The number of esters is 1. The van der Waals surface area contributed by atoms with E-state index in [2.05, 4.69) is 15.5 Å². The molecule has 2 amide bonds. The smallest absolute Gasteiger partial charge is 0.338 e. The number of urea groups is 1. The van der Waals surface area contributed by atoms with Crippen LogP contribution in [0.2, 0.25) is 0 Å². The molecule has 1 aliphatic rings. The maximum atomic E-state index is 12.8. The lowest BCUT2D eigenvalue weighted by molar-refractivity contribution is 0.0526. The van der Waals surface area contributed by atoms with Gasteiger partial charge in [0.05, 0.1) is 12.2 Å². The van der Waals surface area contributed by atoms with Crippen LogP contribution in [0, 0.1) is 0 Å². The van der Waals surface area contributed by atoms with Crippen LogP contribution < -0.4 is 5.32 Å². The molecule has 1 atom stereocenters. The highest BCUT2D eigenvalue weighted by Gasteiger charge is 2.34. The predicted octanol–water partition coefficient (Wildman–Crippen LogP) is 4.28. The number of carbonyl (C=O) groups is 2. The van der Waals surface area contributed by atoms with Crippen molar-refractivity contribution < 1.29 is 18.8 Å². The molecule has 2 aromatic carbocycles. The Labute approximate surface area is 173 Å². The van der Waals surface area contributed by atoms with Crippen molar-refractivity contribution in [3.63, 3.8) is 0 Å². The van der Waals surface area contributed by atoms with E-state index in [-0.39, 0.29) is 18.0 Å². The average molecular weight is 406 g/mol. The van der Waals surface area contributed by atoms with Crippen molar-refractivity contribution in [2.24, 2.45) is 0 Å². The Morgan fingerprint density at radius 2 is 1.93 bits per heavy atom. The third kappa shape index (κ3) is 4.17. The zero-order valence-corrected chi connectivity index (χ0v) is 16.6. The summed E-state index contributed by atoms with van der Waals surface area (Å²) < 4.78 is 10.4. The van der Waals surface area contributed by atoms with E-state index < -0.39 is 0 Å². The molecule has 3 aromatic rings. The second-order valence-electron chi connectivity index (χ2n) is 6.90. The molecule has 8 heteroatoms. The molecule has 1 N–H and O–H groups in total. The van der Waals surface area contributed by atoms with Crippen LogP contribution in [0.5, 0.6) is 0 Å². The number of anilines is 1. The minimum absolute atomic E-state index is 0.249. The van der Waals surface area contributed by atoms with E-state index in [4.69, 9.17) is 9.26 Å². The highest BCUT2D eigenvalue weighted by molar-refractivity contribution is 5.92. The van der Waals surface area contributed by atoms with Gasteiger partial charge >= 0.3 is 12.0 Å². The average Bonchev–Trinajstić information content (AvgIpc) is 3.45. The third-order valence-electron chi connectivity index (χ3n) is 4.92. The minimum Gasteiger partial charge on any atom is -0.462 e. The van der Waals surface area contributed by atoms with E-state index in [1.807, 2.05) is 30.3 Å². The van der Waals surface area contributed by atoms with Gasteiger partial charge in [0, 0.05) is 17.8 Å². The summed E-state index contributed by atoms with van der Waals surface area (Å²) in [7, 11) is 0. The fourth-order valence-corrected chi connectivity index (χ4v) is 3.44. The van der Waals surface area contributed by atoms with Crippen LogP contribution in [-0.4, -0.2) is 40.2 Å². The summed E-state index contributed by atoms with van der Waals surface area (Å²) >= 11 is 0. The summed E-state index contributed by atoms with van der Waals surface area (Å²) in [5.41, 5.74) is 1.89. The monoisotopic (exact) mass is 406 g/mol. The van der Waals surface area contributed by atoms with Crippen molar-refractivity contribution in [1.29, 1.82) is 0 Å². The topological polar surface area (TPSA) is 97.6 Å². The molecule has 1 fully saturated rings. The zero-order valence-electron chi connectivity index (χ0n) is 16.6. The normalized spacial score (nSPS) is 15.8. The quantitative estimate of drug-likeness (QED) is 0.635. The Balaban J connectivity index is 1.44. The van der Waals surface area contributed by atoms with Crippen LogP contribution in [0.15, 0.2) is 59.1 Å². The molecule has 8 nitrogen and oxygen atoms in total. The zero-order chi connectivity index (χ0) is 20.9. The van der Waals surface area contributed by atoms with E-state index in [0.717, 1.165) is 18.4 Å². The second-order valence-corrected chi connectivity index (χ2v) is 6.90. The molecule has 4 rings (SSSR count). The van der Waals surface area contributed by atoms with Crippen molar-refractivity contribution in [1.82, 2.24) is 15.0 Å². The van der Waals surface area contributed by atoms with Crippen molar-refractivity contribution >= 4 is 17.7 Å². The molecule has 1 aromatic heterocycles. The van der Waals surface area contributed by atoms with Gasteiger partial charge in [0.25, 0.3) is 0 Å². The van der Waals surface area contributed by atoms with Gasteiger partial charge in [0.2, 0.25) is 11.7 Å². The van der Waals surface area contributed by atoms with Gasteiger partial charge in [-0.3, -0.25) is 0 Å². The van der Waals surface area contributed by atoms with Gasteiger partial charge < -0.3 is 19.5 Å². The van der Waals surface area contributed by atoms with Gasteiger partial charge in [0.15, 0.2) is 0 Å². The van der Waals surface area contributed by atoms with Crippen LogP contribution in [0.25, 0.3) is 11.4 Å². The van der Waals surface area contributed by atoms with Crippen molar-refractivity contribution in [3.05, 3.63) is 66.1 Å². The predicted molar refractivity (Wildman–Crippen MR) is 110 cm³/mol. The summed E-state index contributed by atoms with van der Waals surface area (Å²) in [6.07, 6.45) is 1.61. The summed E-state index contributed by atoms with van der Waals surface area (Å²) in [4.78, 5) is 30.8. The molecule has 30 heavy (non-hydrogen) atoms. The van der Waals surface area contributed by atoms with Gasteiger partial charge in [-0.25, -0.2) is 9.59 Å². The maximum Gasteiger partial charge on any atom is 0.338 e. The number of likely N-dealkylation sites (tertiary alicyclic amines) is 1. The summed E-state index contributed by atoms with van der Waals surface area (Å²) in [5, 5.41) is 6.93. The molecular formula is C22H22N4O4. The fourth-order valence-electron chi connectivity index (χ4n) is 3.44. The number of rotatable bonds is 5. The highest BCUT2D eigenvalue weighted by atomic mass is 16.5. The summed E-state index contributed by atoms with van der Waals surface area (Å²) in [6.45, 7) is 2.67. The minimum atomic E-state index is -0.388. The molecule has 2 heterocycles. The SMILES string of the molecule is CCOC(=O)c1ccc(NC(=O)N2CCC[C@@H]2c2nc(-c3ccccc3)no2)cc1. The second kappa shape index (κ2) is 8.77. The lowest BCUT2D eigenvalue weighted by atomic mass is 10.2. The molecule has 0 aliphatic carbocycles. The van der Waals surface area contributed by atoms with Crippen LogP contribution in [0.4, 0.5) is 10.5 Å². The van der Waals surface area contributed by atoms with Crippen molar-refractivity contribution in [3.8, 4) is 11.4 Å². The van der Waals surface area contributed by atoms with Crippen molar-refractivity contribution in [2.45, 2.75) is 25.8 Å². The molecule has 0 radical (unpaired) electrons. The number of nitrogens with one attached hydrogen (secondary N) is 1. The highest BCUT2D eigenvalue weighted by Crippen LogP contribution is 2.32. The molecule has 0 unspecified atom stereocenters. The van der Waals surface area contributed by atoms with E-state index in [1.54, 1.807) is 36.1 Å². The number of nitrogens with zero attached hydrogens (tertiary/aromatic N) is 3. The number of hydrogen-bond acceptors (Lipinski definition) is 6. The molecule has 1 saturated heterocycles.